The van der Waals surface area contributed by atoms with E-state index in [1.54, 1.807) is 18.4 Å². The van der Waals surface area contributed by atoms with E-state index in [9.17, 15) is 0 Å². The molecule has 0 aliphatic carbocycles. The van der Waals surface area contributed by atoms with Gasteiger partial charge in [0.1, 0.15) is 5.01 Å². The monoisotopic (exact) mass is 256 g/mol. The summed E-state index contributed by atoms with van der Waals surface area (Å²) in [4.78, 5) is 4.41. The molecule has 0 fully saturated rings. The third-order valence-electron chi connectivity index (χ3n) is 2.79. The van der Waals surface area contributed by atoms with Crippen molar-refractivity contribution >= 4 is 11.3 Å². The summed E-state index contributed by atoms with van der Waals surface area (Å²) >= 11 is 1.74. The Morgan fingerprint density at radius 1 is 1.41 bits per heavy atom. The molecule has 3 nitrogen and oxygen atoms in total. The van der Waals surface area contributed by atoms with E-state index in [1.807, 2.05) is 11.6 Å². The van der Waals surface area contributed by atoms with Gasteiger partial charge in [0.2, 0.25) is 0 Å². The fourth-order valence-electron chi connectivity index (χ4n) is 1.83. The van der Waals surface area contributed by atoms with Gasteiger partial charge in [-0.15, -0.1) is 11.3 Å². The van der Waals surface area contributed by atoms with Gasteiger partial charge in [0.25, 0.3) is 0 Å². The van der Waals surface area contributed by atoms with Gasteiger partial charge >= 0.3 is 0 Å². The van der Waals surface area contributed by atoms with E-state index in [2.05, 4.69) is 17.2 Å². The molecule has 4 heteroatoms. The predicted molar refractivity (Wildman–Crippen MR) is 73.5 cm³/mol. The number of nitrogens with one attached hydrogen (secondary N) is 1. The van der Waals surface area contributed by atoms with E-state index in [4.69, 9.17) is 4.74 Å². The van der Waals surface area contributed by atoms with Crippen LogP contribution in [0.1, 0.15) is 50.1 Å². The first-order chi connectivity index (χ1) is 8.38. The van der Waals surface area contributed by atoms with Crippen LogP contribution in [-0.2, 0) is 4.74 Å². The average molecular weight is 256 g/mol. The van der Waals surface area contributed by atoms with Crippen LogP contribution in [0.2, 0.25) is 0 Å². The molecule has 1 rings (SSSR count). The number of aromatic nitrogens is 1. The number of unbranched alkanes of at least 4 members (excludes halogenated alkanes) is 3. The molecule has 0 saturated heterocycles. The van der Waals surface area contributed by atoms with E-state index >= 15 is 0 Å². The third kappa shape index (κ3) is 6.15. The first kappa shape index (κ1) is 14.6. The summed E-state index contributed by atoms with van der Waals surface area (Å²) < 4.78 is 5.07. The highest BCUT2D eigenvalue weighted by Gasteiger charge is 2.12. The summed E-state index contributed by atoms with van der Waals surface area (Å²) in [6.45, 7) is 3.90. The number of hydrogen-bond donors (Lipinski definition) is 1. The summed E-state index contributed by atoms with van der Waals surface area (Å²) in [6, 6.07) is 0.405. The minimum absolute atomic E-state index is 0.405. The second-order valence-corrected chi connectivity index (χ2v) is 5.15. The Morgan fingerprint density at radius 3 is 2.94 bits per heavy atom. The van der Waals surface area contributed by atoms with E-state index in [-0.39, 0.29) is 0 Å². The maximum atomic E-state index is 5.07. The number of hydrogen-bond acceptors (Lipinski definition) is 4. The Kier molecular flexibility index (Phi) is 8.22. The minimum atomic E-state index is 0.405. The standard InChI is InChI=1S/C13H24N2OS/c1-3-4-5-6-7-12(14-8-10-16-2)13-15-9-11-17-13/h9,11-12,14H,3-8,10H2,1-2H3. The molecular formula is C13H24N2OS. The molecule has 1 N–H and O–H groups in total. The summed E-state index contributed by atoms with van der Waals surface area (Å²) in [6.07, 6.45) is 8.29. The zero-order chi connectivity index (χ0) is 12.3. The molecule has 0 spiro atoms. The van der Waals surface area contributed by atoms with Gasteiger partial charge in [-0.1, -0.05) is 32.6 Å². The lowest BCUT2D eigenvalue weighted by atomic mass is 10.1. The molecule has 0 aliphatic heterocycles. The summed E-state index contributed by atoms with van der Waals surface area (Å²) in [5, 5.41) is 6.78. The molecule has 0 saturated carbocycles. The molecule has 1 unspecified atom stereocenters. The molecule has 0 radical (unpaired) electrons. The fraction of sp³-hybridized carbons (Fsp3) is 0.769. The van der Waals surface area contributed by atoms with Crippen molar-refractivity contribution in [3.63, 3.8) is 0 Å². The Morgan fingerprint density at radius 2 is 2.29 bits per heavy atom. The number of methoxy groups -OCH3 is 1. The second-order valence-electron chi connectivity index (χ2n) is 4.22. The molecule has 17 heavy (non-hydrogen) atoms. The smallest absolute Gasteiger partial charge is 0.109 e. The van der Waals surface area contributed by atoms with Gasteiger partial charge in [-0.3, -0.25) is 0 Å². The minimum Gasteiger partial charge on any atom is -0.383 e. The van der Waals surface area contributed by atoms with E-state index < -0.39 is 0 Å². The van der Waals surface area contributed by atoms with Crippen LogP contribution in [0.25, 0.3) is 0 Å². The van der Waals surface area contributed by atoms with Crippen LogP contribution in [0.5, 0.6) is 0 Å². The number of ether oxygens (including phenoxy) is 1. The molecule has 0 aromatic carbocycles. The van der Waals surface area contributed by atoms with Gasteiger partial charge in [-0.2, -0.15) is 0 Å². The molecule has 0 bridgehead atoms. The first-order valence-corrected chi connectivity index (χ1v) is 7.38. The van der Waals surface area contributed by atoms with E-state index in [0.29, 0.717) is 6.04 Å². The van der Waals surface area contributed by atoms with Crippen LogP contribution >= 0.6 is 11.3 Å². The van der Waals surface area contributed by atoms with Gasteiger partial charge in [0.15, 0.2) is 0 Å². The Balaban J connectivity index is 2.31. The molecule has 1 atom stereocenters. The maximum absolute atomic E-state index is 5.07. The van der Waals surface area contributed by atoms with Crippen LogP contribution in [0.15, 0.2) is 11.6 Å². The Hall–Kier alpha value is -0.450. The van der Waals surface area contributed by atoms with Gasteiger partial charge in [0.05, 0.1) is 12.6 Å². The van der Waals surface area contributed by atoms with Crippen molar-refractivity contribution in [2.24, 2.45) is 0 Å². The number of rotatable bonds is 10. The van der Waals surface area contributed by atoms with Crippen LogP contribution in [-0.4, -0.2) is 25.2 Å². The fourth-order valence-corrected chi connectivity index (χ4v) is 2.58. The zero-order valence-corrected chi connectivity index (χ0v) is 11.8. The normalized spacial score (nSPS) is 12.8. The number of thiazole rings is 1. The molecule has 1 heterocycles. The van der Waals surface area contributed by atoms with Crippen LogP contribution < -0.4 is 5.32 Å². The molecule has 98 valence electrons. The summed E-state index contributed by atoms with van der Waals surface area (Å²) in [7, 11) is 1.74. The lowest BCUT2D eigenvalue weighted by Gasteiger charge is -2.16. The first-order valence-electron chi connectivity index (χ1n) is 6.50. The summed E-state index contributed by atoms with van der Waals surface area (Å²) in [5.41, 5.74) is 0. The molecule has 1 aromatic rings. The Bertz CT molecular complexity index is 264. The van der Waals surface area contributed by atoms with Crippen LogP contribution in [0, 0.1) is 0 Å². The van der Waals surface area contributed by atoms with Crippen LogP contribution in [0.3, 0.4) is 0 Å². The lowest BCUT2D eigenvalue weighted by molar-refractivity contribution is 0.195. The molecule has 0 amide bonds. The quantitative estimate of drug-likeness (QED) is 0.652. The highest BCUT2D eigenvalue weighted by molar-refractivity contribution is 7.09. The van der Waals surface area contributed by atoms with E-state index in [0.717, 1.165) is 13.2 Å². The average Bonchev–Trinajstić information content (AvgIpc) is 2.86. The highest BCUT2D eigenvalue weighted by Crippen LogP contribution is 2.21. The van der Waals surface area contributed by atoms with Crippen molar-refractivity contribution in [1.29, 1.82) is 0 Å². The second kappa shape index (κ2) is 9.57. The molecular weight excluding hydrogens is 232 g/mol. The maximum Gasteiger partial charge on any atom is 0.109 e. The molecule has 1 aromatic heterocycles. The molecule has 0 aliphatic rings. The van der Waals surface area contributed by atoms with Gasteiger partial charge in [-0.25, -0.2) is 4.98 Å². The van der Waals surface area contributed by atoms with Crippen molar-refractivity contribution in [2.45, 2.75) is 45.1 Å². The topological polar surface area (TPSA) is 34.1 Å². The van der Waals surface area contributed by atoms with E-state index in [1.165, 1.54) is 37.1 Å². The van der Waals surface area contributed by atoms with Crippen molar-refractivity contribution < 1.29 is 4.74 Å². The van der Waals surface area contributed by atoms with Gasteiger partial charge in [0, 0.05) is 25.2 Å². The van der Waals surface area contributed by atoms with Crippen LogP contribution in [0.4, 0.5) is 0 Å². The third-order valence-corrected chi connectivity index (χ3v) is 3.68. The van der Waals surface area contributed by atoms with Crippen molar-refractivity contribution in [3.05, 3.63) is 16.6 Å². The zero-order valence-electron chi connectivity index (χ0n) is 10.9. The SMILES string of the molecule is CCCCCCC(NCCOC)c1nccs1. The van der Waals surface area contributed by atoms with Gasteiger partial charge < -0.3 is 10.1 Å². The summed E-state index contributed by atoms with van der Waals surface area (Å²) in [5.74, 6) is 0. The lowest BCUT2D eigenvalue weighted by Crippen LogP contribution is -2.25. The van der Waals surface area contributed by atoms with Gasteiger partial charge in [-0.05, 0) is 6.42 Å². The predicted octanol–water partition coefficient (Wildman–Crippen LogP) is 3.39. The highest BCUT2D eigenvalue weighted by atomic mass is 32.1. The van der Waals surface area contributed by atoms with Crippen molar-refractivity contribution in [3.8, 4) is 0 Å². The van der Waals surface area contributed by atoms with Crippen molar-refractivity contribution in [2.75, 3.05) is 20.3 Å². The number of nitrogens with zero attached hydrogens (tertiary/aromatic N) is 1. The largest absolute Gasteiger partial charge is 0.383 e. The van der Waals surface area contributed by atoms with Crippen molar-refractivity contribution in [1.82, 2.24) is 10.3 Å². The Labute approximate surface area is 109 Å².